The number of hydrogen-bond donors (Lipinski definition) is 1. The SMILES string of the molecule is OCc1cc(F)ccc1-c1cn2c(n1)CCC2. The van der Waals surface area contributed by atoms with Gasteiger partial charge in [-0.05, 0) is 30.2 Å². The van der Waals surface area contributed by atoms with Crippen molar-refractivity contribution in [1.29, 1.82) is 0 Å². The molecular weight excluding hydrogens is 219 g/mol. The highest BCUT2D eigenvalue weighted by Crippen LogP contribution is 2.26. The quantitative estimate of drug-likeness (QED) is 0.861. The van der Waals surface area contributed by atoms with Gasteiger partial charge in [0.2, 0.25) is 0 Å². The van der Waals surface area contributed by atoms with Crippen LogP contribution in [0.4, 0.5) is 4.39 Å². The molecule has 0 unspecified atom stereocenters. The van der Waals surface area contributed by atoms with Crippen molar-refractivity contribution >= 4 is 0 Å². The number of hydrogen-bond acceptors (Lipinski definition) is 2. The Bertz CT molecular complexity index is 541. The van der Waals surface area contributed by atoms with Crippen LogP contribution in [0.2, 0.25) is 0 Å². The van der Waals surface area contributed by atoms with E-state index in [1.807, 2.05) is 6.20 Å². The molecule has 0 aliphatic carbocycles. The maximum absolute atomic E-state index is 13.1. The van der Waals surface area contributed by atoms with Crippen LogP contribution in [-0.4, -0.2) is 14.7 Å². The molecule has 88 valence electrons. The number of aliphatic hydroxyl groups is 1. The first-order valence-electron chi connectivity index (χ1n) is 5.73. The summed E-state index contributed by atoms with van der Waals surface area (Å²) in [4.78, 5) is 4.53. The van der Waals surface area contributed by atoms with Crippen molar-refractivity contribution in [3.05, 3.63) is 41.6 Å². The molecule has 2 aromatic rings. The molecule has 0 bridgehead atoms. The van der Waals surface area contributed by atoms with Gasteiger partial charge in [-0.1, -0.05) is 0 Å². The molecule has 0 saturated heterocycles. The molecule has 1 aromatic carbocycles. The third-order valence-electron chi connectivity index (χ3n) is 3.17. The van der Waals surface area contributed by atoms with Crippen LogP contribution in [0.15, 0.2) is 24.4 Å². The highest BCUT2D eigenvalue weighted by atomic mass is 19.1. The monoisotopic (exact) mass is 232 g/mol. The lowest BCUT2D eigenvalue weighted by molar-refractivity contribution is 0.281. The number of nitrogens with zero attached hydrogens (tertiary/aromatic N) is 2. The van der Waals surface area contributed by atoms with E-state index < -0.39 is 0 Å². The molecule has 0 atom stereocenters. The smallest absolute Gasteiger partial charge is 0.123 e. The zero-order valence-corrected chi connectivity index (χ0v) is 9.36. The van der Waals surface area contributed by atoms with Gasteiger partial charge in [0.1, 0.15) is 11.6 Å². The molecule has 3 nitrogen and oxygen atoms in total. The van der Waals surface area contributed by atoms with Gasteiger partial charge < -0.3 is 9.67 Å². The molecule has 17 heavy (non-hydrogen) atoms. The molecule has 0 spiro atoms. The molecular formula is C13H13FN2O. The Morgan fingerprint density at radius 1 is 1.41 bits per heavy atom. The van der Waals surface area contributed by atoms with Crippen molar-refractivity contribution in [2.45, 2.75) is 26.0 Å². The second-order valence-corrected chi connectivity index (χ2v) is 4.30. The van der Waals surface area contributed by atoms with Crippen LogP contribution in [-0.2, 0) is 19.6 Å². The number of aliphatic hydroxyl groups excluding tert-OH is 1. The van der Waals surface area contributed by atoms with Gasteiger partial charge in [-0.25, -0.2) is 9.37 Å². The summed E-state index contributed by atoms with van der Waals surface area (Å²) in [5.74, 6) is 0.748. The second kappa shape index (κ2) is 3.96. The van der Waals surface area contributed by atoms with Crippen LogP contribution in [0.25, 0.3) is 11.3 Å². The van der Waals surface area contributed by atoms with Crippen LogP contribution in [0, 0.1) is 5.82 Å². The van der Waals surface area contributed by atoms with Crippen molar-refractivity contribution in [1.82, 2.24) is 9.55 Å². The van der Waals surface area contributed by atoms with E-state index in [0.717, 1.165) is 36.5 Å². The van der Waals surface area contributed by atoms with Crippen molar-refractivity contribution in [3.63, 3.8) is 0 Å². The highest BCUT2D eigenvalue weighted by Gasteiger charge is 2.16. The normalized spacial score (nSPS) is 14.0. The van der Waals surface area contributed by atoms with E-state index in [0.29, 0.717) is 5.56 Å². The maximum Gasteiger partial charge on any atom is 0.123 e. The summed E-state index contributed by atoms with van der Waals surface area (Å²) in [6, 6.07) is 4.44. The molecule has 1 aliphatic rings. The van der Waals surface area contributed by atoms with Gasteiger partial charge >= 0.3 is 0 Å². The molecule has 0 radical (unpaired) electrons. The van der Waals surface area contributed by atoms with Crippen molar-refractivity contribution < 1.29 is 9.50 Å². The van der Waals surface area contributed by atoms with E-state index in [-0.39, 0.29) is 12.4 Å². The van der Waals surface area contributed by atoms with Gasteiger partial charge in [0.05, 0.1) is 12.3 Å². The first kappa shape index (κ1) is 10.5. The standard InChI is InChI=1S/C13H13FN2O/c14-10-3-4-11(9(6-10)8-17)12-7-16-5-1-2-13(16)15-12/h3-4,6-7,17H,1-2,5,8H2. The lowest BCUT2D eigenvalue weighted by Gasteiger charge is -2.04. The summed E-state index contributed by atoms with van der Waals surface area (Å²) in [5.41, 5.74) is 2.22. The molecule has 1 N–H and O–H groups in total. The van der Waals surface area contributed by atoms with Crippen molar-refractivity contribution in [3.8, 4) is 11.3 Å². The maximum atomic E-state index is 13.1. The van der Waals surface area contributed by atoms with E-state index in [9.17, 15) is 9.50 Å². The molecule has 0 saturated carbocycles. The number of fused-ring (bicyclic) bond motifs is 1. The van der Waals surface area contributed by atoms with Gasteiger partial charge in [0.15, 0.2) is 0 Å². The number of benzene rings is 1. The van der Waals surface area contributed by atoms with Crippen LogP contribution in [0.3, 0.4) is 0 Å². The minimum Gasteiger partial charge on any atom is -0.392 e. The Kier molecular flexibility index (Phi) is 2.44. The molecule has 0 fully saturated rings. The molecule has 1 aliphatic heterocycles. The molecule has 0 amide bonds. The lowest BCUT2D eigenvalue weighted by atomic mass is 10.1. The van der Waals surface area contributed by atoms with Crippen LogP contribution < -0.4 is 0 Å². The fraction of sp³-hybridized carbons (Fsp3) is 0.308. The molecule has 2 heterocycles. The lowest BCUT2D eigenvalue weighted by Crippen LogP contribution is -1.92. The van der Waals surface area contributed by atoms with Gasteiger partial charge in [-0.2, -0.15) is 0 Å². The van der Waals surface area contributed by atoms with Crippen LogP contribution in [0.5, 0.6) is 0 Å². The van der Waals surface area contributed by atoms with Crippen LogP contribution in [0.1, 0.15) is 17.8 Å². The number of rotatable bonds is 2. The third-order valence-corrected chi connectivity index (χ3v) is 3.17. The average molecular weight is 232 g/mol. The molecule has 4 heteroatoms. The molecule has 3 rings (SSSR count). The fourth-order valence-corrected chi connectivity index (χ4v) is 2.33. The Morgan fingerprint density at radius 2 is 2.29 bits per heavy atom. The number of aromatic nitrogens is 2. The topological polar surface area (TPSA) is 38.0 Å². The third kappa shape index (κ3) is 1.74. The number of halogens is 1. The fourth-order valence-electron chi connectivity index (χ4n) is 2.33. The minimum atomic E-state index is -0.329. The number of imidazole rings is 1. The van der Waals surface area contributed by atoms with Gasteiger partial charge in [-0.15, -0.1) is 0 Å². The van der Waals surface area contributed by atoms with Crippen LogP contribution >= 0.6 is 0 Å². The highest BCUT2D eigenvalue weighted by molar-refractivity contribution is 5.63. The predicted molar refractivity (Wildman–Crippen MR) is 61.9 cm³/mol. The Labute approximate surface area is 98.5 Å². The minimum absolute atomic E-state index is 0.171. The molecule has 1 aromatic heterocycles. The van der Waals surface area contributed by atoms with E-state index in [1.54, 1.807) is 6.07 Å². The van der Waals surface area contributed by atoms with E-state index in [2.05, 4.69) is 9.55 Å². The summed E-state index contributed by atoms with van der Waals surface area (Å²) < 4.78 is 15.2. The van der Waals surface area contributed by atoms with E-state index in [4.69, 9.17) is 0 Å². The predicted octanol–water partition coefficient (Wildman–Crippen LogP) is 2.13. The summed E-state index contributed by atoms with van der Waals surface area (Å²) in [6.45, 7) is 0.827. The second-order valence-electron chi connectivity index (χ2n) is 4.30. The zero-order chi connectivity index (χ0) is 11.8. The summed E-state index contributed by atoms with van der Waals surface area (Å²) in [6.07, 6.45) is 4.11. The average Bonchev–Trinajstić information content (AvgIpc) is 2.89. The van der Waals surface area contributed by atoms with Crippen molar-refractivity contribution in [2.24, 2.45) is 0 Å². The zero-order valence-electron chi connectivity index (χ0n) is 9.36. The summed E-state index contributed by atoms with van der Waals surface area (Å²) >= 11 is 0. The first-order valence-corrected chi connectivity index (χ1v) is 5.73. The Balaban J connectivity index is 2.08. The first-order chi connectivity index (χ1) is 8.28. The Morgan fingerprint density at radius 3 is 3.06 bits per heavy atom. The van der Waals surface area contributed by atoms with Gasteiger partial charge in [-0.3, -0.25) is 0 Å². The summed E-state index contributed by atoms with van der Waals surface area (Å²) in [7, 11) is 0. The largest absolute Gasteiger partial charge is 0.392 e. The Hall–Kier alpha value is -1.68. The number of aryl methyl sites for hydroxylation is 2. The summed E-state index contributed by atoms with van der Waals surface area (Å²) in [5, 5.41) is 9.25. The van der Waals surface area contributed by atoms with Gasteiger partial charge in [0, 0.05) is 24.7 Å². The van der Waals surface area contributed by atoms with E-state index in [1.165, 1.54) is 12.1 Å². The van der Waals surface area contributed by atoms with E-state index >= 15 is 0 Å². The van der Waals surface area contributed by atoms with Gasteiger partial charge in [0.25, 0.3) is 0 Å². The van der Waals surface area contributed by atoms with Crippen molar-refractivity contribution in [2.75, 3.05) is 0 Å².